The molecule has 0 unspecified atom stereocenters. The molecule has 23 heavy (non-hydrogen) atoms. The van der Waals surface area contributed by atoms with E-state index in [2.05, 4.69) is 38.8 Å². The van der Waals surface area contributed by atoms with E-state index in [9.17, 15) is 5.11 Å². The van der Waals surface area contributed by atoms with Gasteiger partial charge in [0.15, 0.2) is 0 Å². The summed E-state index contributed by atoms with van der Waals surface area (Å²) in [6, 6.07) is 12.5. The Hall–Kier alpha value is -2.46. The normalized spacial score (nSPS) is 24.8. The first-order valence-corrected chi connectivity index (χ1v) is 8.07. The van der Waals surface area contributed by atoms with Gasteiger partial charge >= 0.3 is 0 Å². The Morgan fingerprint density at radius 1 is 1.09 bits per heavy atom. The van der Waals surface area contributed by atoms with Crippen LogP contribution in [0.3, 0.4) is 0 Å². The van der Waals surface area contributed by atoms with E-state index in [1.807, 2.05) is 30.9 Å². The van der Waals surface area contributed by atoms with E-state index in [0.717, 1.165) is 29.8 Å². The fourth-order valence-electron chi connectivity index (χ4n) is 4.26. The summed E-state index contributed by atoms with van der Waals surface area (Å²) in [4.78, 5) is 8.76. The predicted molar refractivity (Wildman–Crippen MR) is 86.8 cm³/mol. The van der Waals surface area contributed by atoms with Crippen LogP contribution in [-0.2, 0) is 6.42 Å². The van der Waals surface area contributed by atoms with E-state index >= 15 is 0 Å². The van der Waals surface area contributed by atoms with Crippen molar-refractivity contribution in [2.45, 2.75) is 25.0 Å². The van der Waals surface area contributed by atoms with Crippen molar-refractivity contribution in [3.63, 3.8) is 0 Å². The topological polar surface area (TPSA) is 50.9 Å². The van der Waals surface area contributed by atoms with Crippen molar-refractivity contribution < 1.29 is 5.11 Å². The maximum absolute atomic E-state index is 11.0. The Labute approximate surface area is 134 Å². The van der Waals surface area contributed by atoms with Gasteiger partial charge < -0.3 is 9.67 Å². The summed E-state index contributed by atoms with van der Waals surface area (Å²) in [6.45, 7) is 0. The number of hydrogen-bond donors (Lipinski definition) is 1. The van der Waals surface area contributed by atoms with Crippen molar-refractivity contribution in [2.24, 2.45) is 5.92 Å². The van der Waals surface area contributed by atoms with Gasteiger partial charge in [0.1, 0.15) is 0 Å². The van der Waals surface area contributed by atoms with Crippen LogP contribution in [0.4, 0.5) is 0 Å². The summed E-state index contributed by atoms with van der Waals surface area (Å²) in [5, 5.41) is 11.0. The molecule has 1 aliphatic heterocycles. The van der Waals surface area contributed by atoms with Crippen molar-refractivity contribution in [2.75, 3.05) is 0 Å². The number of benzene rings is 1. The second-order valence-electron chi connectivity index (χ2n) is 6.40. The molecule has 0 saturated carbocycles. The van der Waals surface area contributed by atoms with Gasteiger partial charge in [0.05, 0.1) is 30.4 Å². The zero-order chi connectivity index (χ0) is 15.4. The van der Waals surface area contributed by atoms with Gasteiger partial charge in [-0.25, -0.2) is 4.98 Å². The van der Waals surface area contributed by atoms with Crippen LogP contribution in [0.2, 0.25) is 0 Å². The number of pyridine rings is 1. The molecule has 4 heteroatoms. The number of aliphatic hydroxyl groups is 1. The molecule has 114 valence electrons. The van der Waals surface area contributed by atoms with Gasteiger partial charge in [0, 0.05) is 28.9 Å². The van der Waals surface area contributed by atoms with Crippen molar-refractivity contribution in [3.8, 4) is 11.3 Å². The molecule has 0 saturated heterocycles. The number of aliphatic hydroxyl groups excluding tert-OH is 1. The quantitative estimate of drug-likeness (QED) is 0.751. The lowest BCUT2D eigenvalue weighted by Gasteiger charge is -2.34. The molecule has 1 aliphatic carbocycles. The van der Waals surface area contributed by atoms with Crippen LogP contribution in [0, 0.1) is 5.92 Å². The minimum Gasteiger partial charge on any atom is -0.388 e. The molecule has 1 aromatic carbocycles. The smallest absolute Gasteiger partial charge is 0.0956 e. The van der Waals surface area contributed by atoms with Crippen molar-refractivity contribution in [3.05, 3.63) is 71.9 Å². The molecule has 2 aliphatic rings. The highest BCUT2D eigenvalue weighted by atomic mass is 16.3. The minimum atomic E-state index is -0.487. The highest BCUT2D eigenvalue weighted by Crippen LogP contribution is 2.49. The van der Waals surface area contributed by atoms with Crippen LogP contribution in [0.5, 0.6) is 0 Å². The monoisotopic (exact) mass is 303 g/mol. The molecular weight excluding hydrogens is 286 g/mol. The second-order valence-corrected chi connectivity index (χ2v) is 6.40. The average molecular weight is 303 g/mol. The molecule has 0 radical (unpaired) electrons. The Balaban J connectivity index is 1.64. The third-order valence-corrected chi connectivity index (χ3v) is 5.29. The zero-order valence-corrected chi connectivity index (χ0v) is 12.6. The lowest BCUT2D eigenvalue weighted by atomic mass is 9.77. The van der Waals surface area contributed by atoms with E-state index in [1.165, 1.54) is 11.1 Å². The fraction of sp³-hybridized carbons (Fsp3) is 0.263. The number of hydrogen-bond acceptors (Lipinski definition) is 3. The lowest BCUT2D eigenvalue weighted by Crippen LogP contribution is -2.29. The van der Waals surface area contributed by atoms with Crippen molar-refractivity contribution in [1.82, 2.24) is 14.5 Å². The van der Waals surface area contributed by atoms with E-state index in [-0.39, 0.29) is 12.0 Å². The lowest BCUT2D eigenvalue weighted by molar-refractivity contribution is 0.0710. The molecule has 2 aromatic heterocycles. The molecule has 0 spiro atoms. The third-order valence-electron chi connectivity index (χ3n) is 5.29. The van der Waals surface area contributed by atoms with Crippen LogP contribution in [-0.4, -0.2) is 19.6 Å². The van der Waals surface area contributed by atoms with E-state index in [1.54, 1.807) is 0 Å². The number of aromatic nitrogens is 3. The molecule has 1 N–H and O–H groups in total. The van der Waals surface area contributed by atoms with E-state index in [0.29, 0.717) is 0 Å². The molecule has 5 rings (SSSR count). The highest BCUT2D eigenvalue weighted by molar-refractivity contribution is 5.69. The number of nitrogens with zero attached hydrogens (tertiary/aromatic N) is 3. The highest BCUT2D eigenvalue weighted by Gasteiger charge is 2.40. The summed E-state index contributed by atoms with van der Waals surface area (Å²) in [7, 11) is 0. The fourth-order valence-corrected chi connectivity index (χ4v) is 4.26. The van der Waals surface area contributed by atoms with Gasteiger partial charge in [-0.05, 0) is 24.5 Å². The summed E-state index contributed by atoms with van der Waals surface area (Å²) < 4.78 is 2.22. The number of aryl methyl sites for hydroxylation is 1. The van der Waals surface area contributed by atoms with Gasteiger partial charge in [-0.3, -0.25) is 4.98 Å². The Bertz CT molecular complexity index is 886. The molecule has 4 nitrogen and oxygen atoms in total. The SMILES string of the molecule is O[C@@H]1c2cccnc2CC[C@H]1[C@H]1c2ccccc2-c2cncn21. The minimum absolute atomic E-state index is 0.142. The standard InChI is InChI=1S/C19H17N3O/c23-19-14-6-3-9-21-16(14)8-7-15(19)18-13-5-2-1-4-12(13)17-10-20-11-22(17)18/h1-6,9-11,15,18-19,23H,7-8H2/t15-,18+,19+/m0/s1. The average Bonchev–Trinajstić information content (AvgIpc) is 3.17. The van der Waals surface area contributed by atoms with Gasteiger partial charge in [-0.2, -0.15) is 0 Å². The predicted octanol–water partition coefficient (Wildman–Crippen LogP) is 3.14. The van der Waals surface area contributed by atoms with E-state index < -0.39 is 6.10 Å². The van der Waals surface area contributed by atoms with Gasteiger partial charge in [0.2, 0.25) is 0 Å². The molecular formula is C19H17N3O. The third kappa shape index (κ3) is 1.75. The van der Waals surface area contributed by atoms with Crippen LogP contribution in [0.1, 0.15) is 35.4 Å². The Morgan fingerprint density at radius 3 is 2.91 bits per heavy atom. The Morgan fingerprint density at radius 2 is 1.96 bits per heavy atom. The van der Waals surface area contributed by atoms with E-state index in [4.69, 9.17) is 0 Å². The summed E-state index contributed by atoms with van der Waals surface area (Å²) >= 11 is 0. The number of rotatable bonds is 1. The molecule has 3 aromatic rings. The van der Waals surface area contributed by atoms with Crippen LogP contribution >= 0.6 is 0 Å². The Kier molecular flexibility index (Phi) is 2.70. The zero-order valence-electron chi connectivity index (χ0n) is 12.6. The van der Waals surface area contributed by atoms with Crippen molar-refractivity contribution >= 4 is 0 Å². The first-order chi connectivity index (χ1) is 11.3. The summed E-state index contributed by atoms with van der Waals surface area (Å²) in [6.07, 6.45) is 6.99. The number of imidazole rings is 1. The summed E-state index contributed by atoms with van der Waals surface area (Å²) in [5.41, 5.74) is 5.69. The molecule has 3 atom stereocenters. The molecule has 0 fully saturated rings. The molecule has 3 heterocycles. The second kappa shape index (κ2) is 4.77. The van der Waals surface area contributed by atoms with Crippen molar-refractivity contribution in [1.29, 1.82) is 0 Å². The van der Waals surface area contributed by atoms with Gasteiger partial charge in [-0.1, -0.05) is 30.3 Å². The maximum atomic E-state index is 11.0. The largest absolute Gasteiger partial charge is 0.388 e. The van der Waals surface area contributed by atoms with Gasteiger partial charge in [0.25, 0.3) is 0 Å². The summed E-state index contributed by atoms with van der Waals surface area (Å²) in [5.74, 6) is 0.142. The number of fused-ring (bicyclic) bond motifs is 4. The molecule has 0 bridgehead atoms. The first kappa shape index (κ1) is 13.0. The van der Waals surface area contributed by atoms with Crippen LogP contribution < -0.4 is 0 Å². The van der Waals surface area contributed by atoms with Crippen LogP contribution in [0.25, 0.3) is 11.3 Å². The maximum Gasteiger partial charge on any atom is 0.0956 e. The molecule has 0 amide bonds. The first-order valence-electron chi connectivity index (χ1n) is 8.07. The van der Waals surface area contributed by atoms with Crippen LogP contribution in [0.15, 0.2) is 55.1 Å². The van der Waals surface area contributed by atoms with Gasteiger partial charge in [-0.15, -0.1) is 0 Å².